The molecule has 0 spiro atoms. The Morgan fingerprint density at radius 2 is 1.76 bits per heavy atom. The second-order valence-electron chi connectivity index (χ2n) is 9.02. The maximum Gasteiger partial charge on any atom is 0.336 e. The topological polar surface area (TPSA) is 73.9 Å². The Kier molecular flexibility index (Phi) is 8.87. The zero-order chi connectivity index (χ0) is 26.5. The SMILES string of the molecule is CCSCCOC(=O)C1=C(C)NC2=C(C(=O)C[C@H](c3ccc(OC)c(OC)c3)C2)[C@H]1c1ccc(Cl)cc1. The third kappa shape index (κ3) is 5.83. The number of ketones is 1. The van der Waals surface area contributed by atoms with E-state index < -0.39 is 11.9 Å². The summed E-state index contributed by atoms with van der Waals surface area (Å²) in [6.07, 6.45) is 0.960. The predicted octanol–water partition coefficient (Wildman–Crippen LogP) is 6.02. The normalized spacial score (nSPS) is 19.3. The smallest absolute Gasteiger partial charge is 0.336 e. The van der Waals surface area contributed by atoms with Gasteiger partial charge in [-0.2, -0.15) is 11.8 Å². The van der Waals surface area contributed by atoms with Gasteiger partial charge >= 0.3 is 5.97 Å². The maximum atomic E-state index is 13.8. The number of dihydropyridines is 1. The monoisotopic (exact) mass is 541 g/mol. The van der Waals surface area contributed by atoms with E-state index in [2.05, 4.69) is 12.2 Å². The number of Topliss-reactive ketones (excluding diaryl/α,β-unsaturated/α-hetero) is 1. The van der Waals surface area contributed by atoms with Crippen LogP contribution in [-0.4, -0.2) is 44.1 Å². The fourth-order valence-electron chi connectivity index (χ4n) is 5.06. The van der Waals surface area contributed by atoms with Gasteiger partial charge in [0.05, 0.1) is 19.8 Å². The molecule has 8 heteroatoms. The minimum Gasteiger partial charge on any atom is -0.493 e. The number of nitrogens with one attached hydrogen (secondary N) is 1. The highest BCUT2D eigenvalue weighted by Gasteiger charge is 2.41. The summed E-state index contributed by atoms with van der Waals surface area (Å²) >= 11 is 7.87. The standard InChI is InChI=1S/C29H32ClNO5S/c1-5-37-13-12-36-29(33)26-17(2)31-22-14-20(19-8-11-24(34-3)25(16-19)35-4)15-23(32)28(22)27(26)18-6-9-21(30)10-7-18/h6-11,16,20,27,31H,5,12-15H2,1-4H3/t20-,27+/m1/s1. The Morgan fingerprint density at radius 3 is 2.43 bits per heavy atom. The zero-order valence-corrected chi connectivity index (χ0v) is 23.1. The van der Waals surface area contributed by atoms with E-state index in [1.54, 1.807) is 38.1 Å². The average Bonchev–Trinajstić information content (AvgIpc) is 2.90. The first-order chi connectivity index (χ1) is 17.9. The minimum atomic E-state index is -0.515. The number of allylic oxidation sites excluding steroid dienone is 3. The predicted molar refractivity (Wildman–Crippen MR) is 148 cm³/mol. The third-order valence-electron chi connectivity index (χ3n) is 6.79. The van der Waals surface area contributed by atoms with Crippen molar-refractivity contribution in [2.75, 3.05) is 32.3 Å². The van der Waals surface area contributed by atoms with Crippen molar-refractivity contribution in [2.24, 2.45) is 0 Å². The minimum absolute atomic E-state index is 0.00724. The molecule has 0 amide bonds. The summed E-state index contributed by atoms with van der Waals surface area (Å²) in [5.74, 6) is 2.02. The lowest BCUT2D eigenvalue weighted by Crippen LogP contribution is -2.36. The molecule has 1 aliphatic carbocycles. The molecule has 2 atom stereocenters. The first kappa shape index (κ1) is 27.1. The van der Waals surface area contributed by atoms with Crippen molar-refractivity contribution in [1.29, 1.82) is 0 Å². The van der Waals surface area contributed by atoms with Crippen LogP contribution in [0.25, 0.3) is 0 Å². The average molecular weight is 542 g/mol. The van der Waals surface area contributed by atoms with Crippen molar-refractivity contribution >= 4 is 35.1 Å². The second kappa shape index (κ2) is 12.1. The molecule has 196 valence electrons. The van der Waals surface area contributed by atoms with Crippen LogP contribution in [0.1, 0.15) is 49.7 Å². The van der Waals surface area contributed by atoms with E-state index in [9.17, 15) is 9.59 Å². The first-order valence-electron chi connectivity index (χ1n) is 12.3. The lowest BCUT2D eigenvalue weighted by atomic mass is 9.71. The molecule has 0 saturated carbocycles. The molecule has 1 N–H and O–H groups in total. The molecule has 2 aliphatic rings. The summed E-state index contributed by atoms with van der Waals surface area (Å²) in [5.41, 5.74) is 4.48. The van der Waals surface area contributed by atoms with Gasteiger partial charge in [0.2, 0.25) is 0 Å². The molecule has 0 radical (unpaired) electrons. The summed E-state index contributed by atoms with van der Waals surface area (Å²) in [5, 5.41) is 3.99. The van der Waals surface area contributed by atoms with Gasteiger partial charge in [-0.1, -0.05) is 36.7 Å². The first-order valence-corrected chi connectivity index (χ1v) is 13.9. The van der Waals surface area contributed by atoms with Crippen molar-refractivity contribution in [3.63, 3.8) is 0 Å². The van der Waals surface area contributed by atoms with Crippen molar-refractivity contribution in [3.05, 3.63) is 81.2 Å². The largest absolute Gasteiger partial charge is 0.493 e. The van der Waals surface area contributed by atoms with Crippen LogP contribution in [-0.2, 0) is 14.3 Å². The van der Waals surface area contributed by atoms with Gasteiger partial charge in [-0.3, -0.25) is 4.79 Å². The molecule has 0 fully saturated rings. The Labute approximate surface area is 227 Å². The lowest BCUT2D eigenvalue weighted by molar-refractivity contribution is -0.138. The summed E-state index contributed by atoms with van der Waals surface area (Å²) in [6, 6.07) is 13.1. The van der Waals surface area contributed by atoms with Crippen LogP contribution in [0.5, 0.6) is 11.5 Å². The molecule has 2 aromatic carbocycles. The van der Waals surface area contributed by atoms with Crippen LogP contribution >= 0.6 is 23.4 Å². The van der Waals surface area contributed by atoms with E-state index in [0.29, 0.717) is 52.8 Å². The van der Waals surface area contributed by atoms with Gasteiger partial charge in [-0.25, -0.2) is 4.79 Å². The van der Waals surface area contributed by atoms with Gasteiger partial charge < -0.3 is 19.5 Å². The Balaban J connectivity index is 1.70. The molecular formula is C29H32ClNO5S. The molecule has 4 rings (SSSR count). The van der Waals surface area contributed by atoms with Crippen molar-refractivity contribution in [3.8, 4) is 11.5 Å². The number of ether oxygens (including phenoxy) is 3. The number of thioether (sulfide) groups is 1. The number of carbonyl (C=O) groups excluding carboxylic acids is 2. The number of methoxy groups -OCH3 is 2. The number of hydrogen-bond acceptors (Lipinski definition) is 7. The van der Waals surface area contributed by atoms with E-state index in [1.807, 2.05) is 37.3 Å². The number of esters is 1. The molecule has 0 aromatic heterocycles. The zero-order valence-electron chi connectivity index (χ0n) is 21.6. The van der Waals surface area contributed by atoms with E-state index in [0.717, 1.165) is 28.3 Å². The summed E-state index contributed by atoms with van der Waals surface area (Å²) in [4.78, 5) is 27.1. The number of benzene rings is 2. The van der Waals surface area contributed by atoms with E-state index >= 15 is 0 Å². The Hall–Kier alpha value is -2.90. The third-order valence-corrected chi connectivity index (χ3v) is 7.91. The fourth-order valence-corrected chi connectivity index (χ4v) is 5.67. The van der Waals surface area contributed by atoms with Crippen molar-refractivity contribution in [2.45, 2.75) is 38.5 Å². The van der Waals surface area contributed by atoms with Crippen molar-refractivity contribution in [1.82, 2.24) is 5.32 Å². The fraction of sp³-hybridized carbons (Fsp3) is 0.379. The van der Waals surface area contributed by atoms with Gasteiger partial charge in [0.25, 0.3) is 0 Å². The summed E-state index contributed by atoms with van der Waals surface area (Å²) in [7, 11) is 3.20. The highest BCUT2D eigenvalue weighted by Crippen LogP contribution is 2.46. The van der Waals surface area contributed by atoms with Gasteiger partial charge in [-0.05, 0) is 60.4 Å². The number of hydrogen-bond donors (Lipinski definition) is 1. The maximum absolute atomic E-state index is 13.8. The molecule has 0 unspecified atom stereocenters. The van der Waals surface area contributed by atoms with Crippen LogP contribution in [0.4, 0.5) is 0 Å². The van der Waals surface area contributed by atoms with E-state index in [1.165, 1.54) is 0 Å². The Morgan fingerprint density at radius 1 is 1.05 bits per heavy atom. The van der Waals surface area contributed by atoms with Crippen molar-refractivity contribution < 1.29 is 23.8 Å². The van der Waals surface area contributed by atoms with Crippen LogP contribution in [0.2, 0.25) is 5.02 Å². The van der Waals surface area contributed by atoms with Crippen LogP contribution in [0.3, 0.4) is 0 Å². The molecule has 1 heterocycles. The number of halogens is 1. The molecule has 0 saturated heterocycles. The second-order valence-corrected chi connectivity index (χ2v) is 10.8. The molecule has 2 aromatic rings. The van der Waals surface area contributed by atoms with E-state index in [-0.39, 0.29) is 11.7 Å². The number of carbonyl (C=O) groups is 2. The van der Waals surface area contributed by atoms with Crippen LogP contribution in [0.15, 0.2) is 65.0 Å². The molecule has 0 bridgehead atoms. The van der Waals surface area contributed by atoms with Crippen LogP contribution in [0, 0.1) is 0 Å². The van der Waals surface area contributed by atoms with E-state index in [4.69, 9.17) is 25.8 Å². The molecular weight excluding hydrogens is 510 g/mol. The summed E-state index contributed by atoms with van der Waals surface area (Å²) < 4.78 is 16.5. The number of rotatable bonds is 9. The highest BCUT2D eigenvalue weighted by atomic mass is 35.5. The molecule has 37 heavy (non-hydrogen) atoms. The Bertz CT molecular complexity index is 1240. The highest BCUT2D eigenvalue weighted by molar-refractivity contribution is 7.99. The summed E-state index contributed by atoms with van der Waals surface area (Å²) in [6.45, 7) is 4.26. The van der Waals surface area contributed by atoms with Crippen LogP contribution < -0.4 is 14.8 Å². The van der Waals surface area contributed by atoms with Gasteiger partial charge in [0, 0.05) is 40.1 Å². The molecule has 1 aliphatic heterocycles. The molecule has 6 nitrogen and oxygen atoms in total. The van der Waals surface area contributed by atoms with Gasteiger partial charge in [0.15, 0.2) is 17.3 Å². The lowest BCUT2D eigenvalue weighted by Gasteiger charge is -2.36. The van der Waals surface area contributed by atoms with Gasteiger partial charge in [-0.15, -0.1) is 0 Å². The quantitative estimate of drug-likeness (QED) is 0.307. The van der Waals surface area contributed by atoms with Gasteiger partial charge in [0.1, 0.15) is 6.61 Å².